The smallest absolute Gasteiger partial charge is 0.267 e. The molecule has 0 fully saturated rings. The van der Waals surface area contributed by atoms with Crippen molar-refractivity contribution >= 4 is 17.8 Å². The van der Waals surface area contributed by atoms with Crippen molar-refractivity contribution in [2.75, 3.05) is 12.4 Å². The Hall–Kier alpha value is -3.63. The zero-order chi connectivity index (χ0) is 19.7. The molecule has 0 unspecified atom stereocenters. The molecular formula is C16H18FN9O. The van der Waals surface area contributed by atoms with Crippen molar-refractivity contribution < 1.29 is 9.18 Å². The van der Waals surface area contributed by atoms with E-state index < -0.39 is 11.7 Å². The lowest BCUT2D eigenvalue weighted by Crippen LogP contribution is -2.15. The molecule has 0 aliphatic carbocycles. The van der Waals surface area contributed by atoms with Crippen molar-refractivity contribution in [1.29, 1.82) is 5.41 Å². The first-order valence-corrected chi connectivity index (χ1v) is 8.10. The number of nitrogens with one attached hydrogen (secondary N) is 3. The average molecular weight is 371 g/mol. The molecule has 0 aromatic carbocycles. The van der Waals surface area contributed by atoms with Gasteiger partial charge in [-0.2, -0.15) is 10.2 Å². The van der Waals surface area contributed by atoms with Crippen LogP contribution >= 0.6 is 0 Å². The number of anilines is 1. The average Bonchev–Trinajstić information content (AvgIpc) is 3.25. The molecule has 140 valence electrons. The molecule has 1 amide bonds. The van der Waals surface area contributed by atoms with E-state index in [9.17, 15) is 9.18 Å². The summed E-state index contributed by atoms with van der Waals surface area (Å²) in [5, 5.41) is 21.4. The lowest BCUT2D eigenvalue weighted by Gasteiger charge is -2.10. The first-order valence-electron chi connectivity index (χ1n) is 8.10. The first-order chi connectivity index (χ1) is 12.9. The van der Waals surface area contributed by atoms with E-state index in [0.717, 1.165) is 6.21 Å². The summed E-state index contributed by atoms with van der Waals surface area (Å²) in [5.74, 6) is -0.971. The SMILES string of the molecule is CCn1nc(C)c(F)c1-c1n[nH]c(-c2nc(C(N)=O)cc(NC)c2C=N)n1. The number of aryl methyl sites for hydroxylation is 2. The Kier molecular flexibility index (Phi) is 4.67. The Morgan fingerprint density at radius 2 is 2.22 bits per heavy atom. The lowest BCUT2D eigenvalue weighted by molar-refractivity contribution is 0.0995. The van der Waals surface area contributed by atoms with Crippen LogP contribution in [-0.4, -0.2) is 49.1 Å². The van der Waals surface area contributed by atoms with Crippen LogP contribution in [-0.2, 0) is 6.54 Å². The molecule has 0 radical (unpaired) electrons. The van der Waals surface area contributed by atoms with Crippen LogP contribution in [0.4, 0.5) is 10.1 Å². The second kappa shape index (κ2) is 6.94. The molecule has 5 N–H and O–H groups in total. The number of halogens is 1. The summed E-state index contributed by atoms with van der Waals surface area (Å²) in [6.07, 6.45) is 1.07. The number of nitrogens with zero attached hydrogens (tertiary/aromatic N) is 5. The van der Waals surface area contributed by atoms with Crippen molar-refractivity contribution in [3.8, 4) is 23.0 Å². The van der Waals surface area contributed by atoms with E-state index in [1.807, 2.05) is 6.92 Å². The number of aromatic amines is 1. The minimum atomic E-state index is -0.727. The standard InChI is InChI=1S/C16H18FN9O/c1-4-26-13(11(17)7(2)25-26)16-22-15(23-24-16)12-8(6-18)9(20-3)5-10(21-12)14(19)27/h5-6,18H,4H2,1-3H3,(H2,19,27)(H,20,21)(H,22,23,24). The van der Waals surface area contributed by atoms with Crippen LogP contribution in [0.1, 0.15) is 28.7 Å². The molecular weight excluding hydrogens is 353 g/mol. The topological polar surface area (TPSA) is 151 Å². The summed E-state index contributed by atoms with van der Waals surface area (Å²) in [4.78, 5) is 20.1. The second-order valence-corrected chi connectivity index (χ2v) is 5.65. The van der Waals surface area contributed by atoms with Crippen molar-refractivity contribution in [3.05, 3.63) is 28.8 Å². The number of carbonyl (C=O) groups excluding carboxylic acids is 1. The highest BCUT2D eigenvalue weighted by atomic mass is 19.1. The zero-order valence-corrected chi connectivity index (χ0v) is 15.0. The van der Waals surface area contributed by atoms with Crippen molar-refractivity contribution in [1.82, 2.24) is 29.9 Å². The lowest BCUT2D eigenvalue weighted by atomic mass is 10.1. The zero-order valence-electron chi connectivity index (χ0n) is 15.0. The third-order valence-electron chi connectivity index (χ3n) is 4.00. The van der Waals surface area contributed by atoms with E-state index in [-0.39, 0.29) is 34.4 Å². The summed E-state index contributed by atoms with van der Waals surface area (Å²) in [5.41, 5.74) is 6.78. The Labute approximate surface area is 153 Å². The monoisotopic (exact) mass is 371 g/mol. The predicted molar refractivity (Wildman–Crippen MR) is 97.2 cm³/mol. The fraction of sp³-hybridized carbons (Fsp3) is 0.250. The van der Waals surface area contributed by atoms with Gasteiger partial charge in [0.05, 0.1) is 5.69 Å². The van der Waals surface area contributed by atoms with Gasteiger partial charge in [-0.15, -0.1) is 0 Å². The van der Waals surface area contributed by atoms with Crippen molar-refractivity contribution in [2.24, 2.45) is 5.73 Å². The number of pyridine rings is 1. The molecule has 3 aromatic rings. The Morgan fingerprint density at radius 3 is 2.81 bits per heavy atom. The maximum absolute atomic E-state index is 14.4. The fourth-order valence-corrected chi connectivity index (χ4v) is 2.69. The van der Waals surface area contributed by atoms with Crippen LogP contribution in [0.2, 0.25) is 0 Å². The van der Waals surface area contributed by atoms with Gasteiger partial charge >= 0.3 is 0 Å². The van der Waals surface area contributed by atoms with Crippen LogP contribution in [0, 0.1) is 18.2 Å². The summed E-state index contributed by atoms with van der Waals surface area (Å²) < 4.78 is 15.9. The highest BCUT2D eigenvalue weighted by Crippen LogP contribution is 2.28. The Morgan fingerprint density at radius 1 is 1.48 bits per heavy atom. The highest BCUT2D eigenvalue weighted by molar-refractivity contribution is 5.98. The number of H-pyrrole nitrogens is 1. The van der Waals surface area contributed by atoms with Crippen LogP contribution in [0.15, 0.2) is 6.07 Å². The summed E-state index contributed by atoms with van der Waals surface area (Å²) in [7, 11) is 1.64. The van der Waals surface area contributed by atoms with Crippen LogP contribution in [0.5, 0.6) is 0 Å². The molecule has 0 spiro atoms. The molecule has 10 nitrogen and oxygen atoms in total. The predicted octanol–water partition coefficient (Wildman–Crippen LogP) is 1.34. The number of hydrogen-bond acceptors (Lipinski definition) is 7. The molecule has 0 atom stereocenters. The van der Waals surface area contributed by atoms with Gasteiger partial charge in [0.15, 0.2) is 11.6 Å². The van der Waals surface area contributed by atoms with Gasteiger partial charge in [-0.1, -0.05) is 0 Å². The third-order valence-corrected chi connectivity index (χ3v) is 4.00. The van der Waals surface area contributed by atoms with Crippen molar-refractivity contribution in [3.63, 3.8) is 0 Å². The number of aromatic nitrogens is 6. The summed E-state index contributed by atoms with van der Waals surface area (Å²) in [6, 6.07) is 1.44. The van der Waals surface area contributed by atoms with Gasteiger partial charge in [0, 0.05) is 31.1 Å². The molecule has 11 heteroatoms. The van der Waals surface area contributed by atoms with Crippen LogP contribution in [0.25, 0.3) is 23.0 Å². The van der Waals surface area contributed by atoms with Gasteiger partial charge in [-0.05, 0) is 19.9 Å². The van der Waals surface area contributed by atoms with Gasteiger partial charge < -0.3 is 16.5 Å². The Balaban J connectivity index is 2.19. The quantitative estimate of drug-likeness (QED) is 0.480. The number of primary amides is 1. The first kappa shape index (κ1) is 18.2. The molecule has 0 saturated carbocycles. The number of rotatable bonds is 6. The third kappa shape index (κ3) is 3.03. The molecule has 27 heavy (non-hydrogen) atoms. The largest absolute Gasteiger partial charge is 0.387 e. The van der Waals surface area contributed by atoms with Gasteiger partial charge in [0.2, 0.25) is 5.82 Å². The minimum absolute atomic E-state index is 0.00137. The van der Waals surface area contributed by atoms with Crippen molar-refractivity contribution in [2.45, 2.75) is 20.4 Å². The van der Waals surface area contributed by atoms with E-state index in [1.54, 1.807) is 14.0 Å². The number of hydrogen-bond donors (Lipinski definition) is 4. The van der Waals surface area contributed by atoms with Gasteiger partial charge in [-0.3, -0.25) is 14.6 Å². The molecule has 3 heterocycles. The van der Waals surface area contributed by atoms with Gasteiger partial charge in [0.1, 0.15) is 17.1 Å². The maximum atomic E-state index is 14.4. The maximum Gasteiger partial charge on any atom is 0.267 e. The van der Waals surface area contributed by atoms with E-state index in [1.165, 1.54) is 10.7 Å². The number of carbonyl (C=O) groups is 1. The number of amides is 1. The number of nitrogens with two attached hydrogens (primary N) is 1. The molecule has 0 aliphatic rings. The van der Waals surface area contributed by atoms with E-state index in [0.29, 0.717) is 17.8 Å². The van der Waals surface area contributed by atoms with Crippen LogP contribution in [0.3, 0.4) is 0 Å². The van der Waals surface area contributed by atoms with Crippen LogP contribution < -0.4 is 11.1 Å². The molecule has 3 aromatic heterocycles. The normalized spacial score (nSPS) is 10.8. The molecule has 0 bridgehead atoms. The molecule has 0 saturated heterocycles. The molecule has 3 rings (SSSR count). The van der Waals surface area contributed by atoms with E-state index >= 15 is 0 Å². The van der Waals surface area contributed by atoms with E-state index in [2.05, 4.69) is 30.6 Å². The van der Waals surface area contributed by atoms with Gasteiger partial charge in [-0.25, -0.2) is 14.4 Å². The van der Waals surface area contributed by atoms with E-state index in [4.69, 9.17) is 11.1 Å². The highest BCUT2D eigenvalue weighted by Gasteiger charge is 2.23. The Bertz CT molecular complexity index is 1040. The fourth-order valence-electron chi connectivity index (χ4n) is 2.69. The second-order valence-electron chi connectivity index (χ2n) is 5.65. The van der Waals surface area contributed by atoms with Gasteiger partial charge in [0.25, 0.3) is 5.91 Å². The minimum Gasteiger partial charge on any atom is -0.387 e. The summed E-state index contributed by atoms with van der Waals surface area (Å²) >= 11 is 0. The summed E-state index contributed by atoms with van der Waals surface area (Å²) in [6.45, 7) is 3.82. The molecule has 0 aliphatic heterocycles.